The maximum atomic E-state index is 12.1. The zero-order chi connectivity index (χ0) is 17.8. The molecule has 0 spiro atoms. The third kappa shape index (κ3) is 4.07. The van der Waals surface area contributed by atoms with Crippen LogP contribution in [-0.4, -0.2) is 60.5 Å². The fraction of sp³-hybridized carbons (Fsp3) is 0.529. The molecule has 0 aromatic carbocycles. The molecule has 0 unspecified atom stereocenters. The molecule has 0 atom stereocenters. The molecule has 3 rings (SSSR count). The Kier molecular flexibility index (Phi) is 5.16. The number of aromatic nitrogens is 1. The maximum Gasteiger partial charge on any atom is 0.324 e. The van der Waals surface area contributed by atoms with Crippen LogP contribution in [0.2, 0.25) is 0 Å². The van der Waals surface area contributed by atoms with Gasteiger partial charge in [0, 0.05) is 32.4 Å². The second-order valence-electron chi connectivity index (χ2n) is 6.53. The Hall–Kier alpha value is -2.64. The molecular formula is C17H23N5O3. The highest BCUT2D eigenvalue weighted by atomic mass is 16.2. The summed E-state index contributed by atoms with van der Waals surface area (Å²) in [6, 6.07) is 3.20. The summed E-state index contributed by atoms with van der Waals surface area (Å²) in [5.41, 5.74) is 0.464. The molecule has 0 radical (unpaired) electrons. The predicted molar refractivity (Wildman–Crippen MR) is 92.3 cm³/mol. The Morgan fingerprint density at radius 1 is 1.32 bits per heavy atom. The van der Waals surface area contributed by atoms with E-state index >= 15 is 0 Å². The molecule has 25 heavy (non-hydrogen) atoms. The van der Waals surface area contributed by atoms with Gasteiger partial charge in [-0.3, -0.25) is 14.5 Å². The molecule has 2 saturated heterocycles. The van der Waals surface area contributed by atoms with Crippen LogP contribution in [0.15, 0.2) is 18.3 Å². The van der Waals surface area contributed by atoms with Crippen molar-refractivity contribution in [3.63, 3.8) is 0 Å². The van der Waals surface area contributed by atoms with Crippen LogP contribution in [0.1, 0.15) is 30.1 Å². The standard InChI is InChI=1S/C17H23N5O3/c1-12-4-7-21(8-5-12)14-3-2-13(10-19-14)16(24)18-6-9-22-15(23)11-20-17(22)25/h2-3,10,12H,4-9,11H2,1H3,(H,18,24)(H,20,25). The van der Waals surface area contributed by atoms with Gasteiger partial charge in [0.05, 0.1) is 12.1 Å². The highest BCUT2D eigenvalue weighted by Gasteiger charge is 2.27. The Morgan fingerprint density at radius 2 is 2.08 bits per heavy atom. The lowest BCUT2D eigenvalue weighted by molar-refractivity contribution is -0.124. The number of urea groups is 1. The average molecular weight is 345 g/mol. The number of amides is 4. The molecule has 0 aliphatic carbocycles. The summed E-state index contributed by atoms with van der Waals surface area (Å²) in [6.45, 7) is 4.64. The van der Waals surface area contributed by atoms with Crippen molar-refractivity contribution in [3.05, 3.63) is 23.9 Å². The first-order valence-corrected chi connectivity index (χ1v) is 8.62. The predicted octanol–water partition coefficient (Wildman–Crippen LogP) is 0.600. The zero-order valence-corrected chi connectivity index (χ0v) is 14.3. The van der Waals surface area contributed by atoms with E-state index in [0.717, 1.165) is 42.6 Å². The van der Waals surface area contributed by atoms with Crippen molar-refractivity contribution >= 4 is 23.7 Å². The lowest BCUT2D eigenvalue weighted by Gasteiger charge is -2.31. The van der Waals surface area contributed by atoms with Gasteiger partial charge in [-0.05, 0) is 30.9 Å². The van der Waals surface area contributed by atoms with E-state index in [0.29, 0.717) is 5.56 Å². The van der Waals surface area contributed by atoms with Crippen LogP contribution >= 0.6 is 0 Å². The number of rotatable bonds is 5. The van der Waals surface area contributed by atoms with Gasteiger partial charge in [0.1, 0.15) is 5.82 Å². The normalized spacial score (nSPS) is 18.4. The summed E-state index contributed by atoms with van der Waals surface area (Å²) in [5.74, 6) is 1.10. The van der Waals surface area contributed by atoms with Crippen LogP contribution in [0, 0.1) is 5.92 Å². The van der Waals surface area contributed by atoms with Gasteiger partial charge in [0.25, 0.3) is 5.91 Å². The van der Waals surface area contributed by atoms with Gasteiger partial charge in [-0.1, -0.05) is 6.92 Å². The number of hydrogen-bond acceptors (Lipinski definition) is 5. The van der Waals surface area contributed by atoms with Crippen molar-refractivity contribution in [2.24, 2.45) is 5.92 Å². The van der Waals surface area contributed by atoms with Crippen LogP contribution in [0.5, 0.6) is 0 Å². The molecule has 1 aromatic rings. The molecule has 8 heteroatoms. The zero-order valence-electron chi connectivity index (χ0n) is 14.3. The van der Waals surface area contributed by atoms with E-state index < -0.39 is 6.03 Å². The third-order valence-corrected chi connectivity index (χ3v) is 4.68. The minimum absolute atomic E-state index is 0.0213. The van der Waals surface area contributed by atoms with Gasteiger partial charge in [0.15, 0.2) is 0 Å². The second kappa shape index (κ2) is 7.50. The molecule has 134 valence electrons. The van der Waals surface area contributed by atoms with Crippen molar-refractivity contribution in [2.45, 2.75) is 19.8 Å². The largest absolute Gasteiger partial charge is 0.357 e. The molecule has 0 saturated carbocycles. The van der Waals surface area contributed by atoms with Gasteiger partial charge < -0.3 is 15.5 Å². The number of piperidine rings is 1. The lowest BCUT2D eigenvalue weighted by Crippen LogP contribution is -2.38. The molecule has 2 N–H and O–H groups in total. The second-order valence-corrected chi connectivity index (χ2v) is 6.53. The summed E-state index contributed by atoms with van der Waals surface area (Å²) < 4.78 is 0. The summed E-state index contributed by atoms with van der Waals surface area (Å²) in [7, 11) is 0. The van der Waals surface area contributed by atoms with Crippen LogP contribution < -0.4 is 15.5 Å². The molecule has 2 aliphatic heterocycles. The summed E-state index contributed by atoms with van der Waals surface area (Å²) in [5, 5.41) is 5.14. The molecule has 3 heterocycles. The van der Waals surface area contributed by atoms with E-state index in [4.69, 9.17) is 0 Å². The number of carbonyl (C=O) groups excluding carboxylic acids is 3. The highest BCUT2D eigenvalue weighted by Crippen LogP contribution is 2.21. The van der Waals surface area contributed by atoms with Crippen LogP contribution in [-0.2, 0) is 4.79 Å². The summed E-state index contributed by atoms with van der Waals surface area (Å²) in [4.78, 5) is 42.7. The number of nitrogens with one attached hydrogen (secondary N) is 2. The van der Waals surface area contributed by atoms with Gasteiger partial charge in [-0.15, -0.1) is 0 Å². The Morgan fingerprint density at radius 3 is 2.68 bits per heavy atom. The van der Waals surface area contributed by atoms with Gasteiger partial charge in [-0.2, -0.15) is 0 Å². The van der Waals surface area contributed by atoms with Crippen LogP contribution in [0.3, 0.4) is 0 Å². The Balaban J connectivity index is 1.49. The minimum atomic E-state index is -0.416. The van der Waals surface area contributed by atoms with Crippen molar-refractivity contribution in [2.75, 3.05) is 37.6 Å². The third-order valence-electron chi connectivity index (χ3n) is 4.68. The quantitative estimate of drug-likeness (QED) is 0.762. The van der Waals surface area contributed by atoms with E-state index in [-0.39, 0.29) is 31.4 Å². The monoisotopic (exact) mass is 345 g/mol. The van der Waals surface area contributed by atoms with Crippen LogP contribution in [0.25, 0.3) is 0 Å². The number of nitrogens with zero attached hydrogens (tertiary/aromatic N) is 3. The SMILES string of the molecule is CC1CCN(c2ccc(C(=O)NCCN3C(=O)CNC3=O)cn2)CC1. The molecule has 4 amide bonds. The molecule has 1 aromatic heterocycles. The molecule has 0 bridgehead atoms. The highest BCUT2D eigenvalue weighted by molar-refractivity contribution is 6.02. The van der Waals surface area contributed by atoms with Gasteiger partial charge in [-0.25, -0.2) is 9.78 Å². The van der Waals surface area contributed by atoms with Crippen molar-refractivity contribution in [1.82, 2.24) is 20.5 Å². The fourth-order valence-corrected chi connectivity index (χ4v) is 3.01. The topological polar surface area (TPSA) is 94.6 Å². The van der Waals surface area contributed by atoms with Crippen molar-refractivity contribution in [1.29, 1.82) is 0 Å². The summed E-state index contributed by atoms with van der Waals surface area (Å²) in [6.07, 6.45) is 3.88. The van der Waals surface area contributed by atoms with E-state index in [9.17, 15) is 14.4 Å². The number of anilines is 1. The van der Waals surface area contributed by atoms with E-state index in [1.807, 2.05) is 6.07 Å². The van der Waals surface area contributed by atoms with E-state index in [1.165, 1.54) is 0 Å². The first kappa shape index (κ1) is 17.2. The molecule has 8 nitrogen and oxygen atoms in total. The fourth-order valence-electron chi connectivity index (χ4n) is 3.01. The number of pyridine rings is 1. The molecule has 2 fully saturated rings. The average Bonchev–Trinajstić information content (AvgIpc) is 2.94. The first-order chi connectivity index (χ1) is 12.0. The van der Waals surface area contributed by atoms with Gasteiger partial charge in [0.2, 0.25) is 5.91 Å². The van der Waals surface area contributed by atoms with Crippen molar-refractivity contribution < 1.29 is 14.4 Å². The van der Waals surface area contributed by atoms with Gasteiger partial charge >= 0.3 is 6.03 Å². The summed E-state index contributed by atoms with van der Waals surface area (Å²) >= 11 is 0. The minimum Gasteiger partial charge on any atom is -0.357 e. The Labute approximate surface area is 146 Å². The molecular weight excluding hydrogens is 322 g/mol. The lowest BCUT2D eigenvalue weighted by atomic mass is 9.99. The van der Waals surface area contributed by atoms with E-state index in [2.05, 4.69) is 27.4 Å². The smallest absolute Gasteiger partial charge is 0.324 e. The molecule has 2 aliphatic rings. The number of imide groups is 1. The van der Waals surface area contributed by atoms with E-state index in [1.54, 1.807) is 12.3 Å². The Bertz CT molecular complexity index is 637. The number of hydrogen-bond donors (Lipinski definition) is 2. The maximum absolute atomic E-state index is 12.1. The first-order valence-electron chi connectivity index (χ1n) is 8.62. The van der Waals surface area contributed by atoms with Crippen LogP contribution in [0.4, 0.5) is 10.6 Å². The number of carbonyl (C=O) groups is 3. The van der Waals surface area contributed by atoms with Crippen molar-refractivity contribution in [3.8, 4) is 0 Å².